The van der Waals surface area contributed by atoms with Crippen molar-refractivity contribution in [3.05, 3.63) is 11.9 Å². The minimum Gasteiger partial charge on any atom is -0.394 e. The van der Waals surface area contributed by atoms with Gasteiger partial charge >= 0.3 is 0 Å². The fraction of sp³-hybridized carbons (Fsp3) is 0.700. The van der Waals surface area contributed by atoms with Gasteiger partial charge < -0.3 is 25.7 Å². The van der Waals surface area contributed by atoms with Gasteiger partial charge in [-0.2, -0.15) is 0 Å². The molecule has 0 radical (unpaired) electrons. The SMILES string of the molecule is CC(=N)C1NC=C([C@@H]2O[C@H](CO)[C@@H](O)[C@H]2F)N1N. The first-order chi connectivity index (χ1) is 8.47. The maximum atomic E-state index is 13.9. The number of hydrogen-bond donors (Lipinski definition) is 5. The molecular formula is C10H17FN4O3. The van der Waals surface area contributed by atoms with E-state index in [-0.39, 0.29) is 5.71 Å². The van der Waals surface area contributed by atoms with Crippen LogP contribution in [-0.2, 0) is 4.74 Å². The standard InChI is InChI=1S/C10H17FN4O3/c1-4(12)10-14-2-5(15(10)13)9-7(11)8(17)6(3-16)18-9/h2,6-10,12,14,16-17H,3,13H2,1H3/t6-,7-,8-,9+,10?/m1/s1. The van der Waals surface area contributed by atoms with Crippen molar-refractivity contribution < 1.29 is 19.3 Å². The predicted octanol–water partition coefficient (Wildman–Crippen LogP) is -1.57. The molecule has 0 aromatic heterocycles. The van der Waals surface area contributed by atoms with E-state index in [1.165, 1.54) is 11.2 Å². The van der Waals surface area contributed by atoms with Crippen molar-refractivity contribution in [2.45, 2.75) is 37.6 Å². The van der Waals surface area contributed by atoms with Gasteiger partial charge in [-0.25, -0.2) is 10.2 Å². The average molecular weight is 260 g/mol. The van der Waals surface area contributed by atoms with Crippen LogP contribution in [0.2, 0.25) is 0 Å². The first-order valence-corrected chi connectivity index (χ1v) is 5.61. The summed E-state index contributed by atoms with van der Waals surface area (Å²) in [4.78, 5) is 0. The number of aliphatic hydroxyl groups excluding tert-OH is 2. The average Bonchev–Trinajstić information content (AvgIpc) is 2.82. The molecule has 1 unspecified atom stereocenters. The van der Waals surface area contributed by atoms with Crippen LogP contribution >= 0.6 is 0 Å². The van der Waals surface area contributed by atoms with Gasteiger partial charge in [0.05, 0.1) is 12.3 Å². The number of nitrogens with one attached hydrogen (secondary N) is 2. The van der Waals surface area contributed by atoms with Crippen molar-refractivity contribution in [3.8, 4) is 0 Å². The molecule has 2 rings (SSSR count). The number of nitrogens with two attached hydrogens (primary N) is 1. The van der Waals surface area contributed by atoms with E-state index in [1.54, 1.807) is 6.92 Å². The minimum atomic E-state index is -1.66. The first kappa shape index (κ1) is 13.2. The summed E-state index contributed by atoms with van der Waals surface area (Å²) in [6, 6.07) is 0. The van der Waals surface area contributed by atoms with Crippen LogP contribution in [0.1, 0.15) is 6.92 Å². The summed E-state index contributed by atoms with van der Waals surface area (Å²) in [7, 11) is 0. The van der Waals surface area contributed by atoms with Gasteiger partial charge in [0.2, 0.25) is 0 Å². The summed E-state index contributed by atoms with van der Waals surface area (Å²) in [5.74, 6) is 5.77. The third-order valence-electron chi connectivity index (χ3n) is 3.16. The summed E-state index contributed by atoms with van der Waals surface area (Å²) in [6.07, 6.45) is -4.12. The number of hydrazine groups is 1. The van der Waals surface area contributed by atoms with Gasteiger partial charge in [0.25, 0.3) is 0 Å². The number of aliphatic hydroxyl groups is 2. The largest absolute Gasteiger partial charge is 0.394 e. The highest BCUT2D eigenvalue weighted by Crippen LogP contribution is 2.31. The Kier molecular flexibility index (Phi) is 3.53. The Labute approximate surface area is 103 Å². The van der Waals surface area contributed by atoms with Crippen molar-refractivity contribution >= 4 is 5.71 Å². The van der Waals surface area contributed by atoms with E-state index in [0.717, 1.165) is 0 Å². The fourth-order valence-electron chi connectivity index (χ4n) is 2.14. The van der Waals surface area contributed by atoms with Gasteiger partial charge in [-0.15, -0.1) is 0 Å². The Hall–Kier alpha value is -1.22. The highest BCUT2D eigenvalue weighted by molar-refractivity contribution is 5.84. The Bertz CT molecular complexity index is 378. The van der Waals surface area contributed by atoms with E-state index < -0.39 is 37.3 Å². The van der Waals surface area contributed by atoms with Crippen molar-refractivity contribution in [3.63, 3.8) is 0 Å². The van der Waals surface area contributed by atoms with Gasteiger partial charge in [-0.05, 0) is 6.92 Å². The second kappa shape index (κ2) is 4.81. The monoisotopic (exact) mass is 260 g/mol. The van der Waals surface area contributed by atoms with Gasteiger partial charge in [-0.3, -0.25) is 5.01 Å². The van der Waals surface area contributed by atoms with Crippen LogP contribution in [0.5, 0.6) is 0 Å². The van der Waals surface area contributed by atoms with Crippen LogP contribution in [-0.4, -0.2) is 58.2 Å². The molecule has 102 valence electrons. The molecule has 2 heterocycles. The molecule has 0 amide bonds. The second-order valence-electron chi connectivity index (χ2n) is 4.44. The molecule has 0 saturated carbocycles. The number of alkyl halides is 1. The number of rotatable bonds is 3. The molecule has 7 nitrogen and oxygen atoms in total. The lowest BCUT2D eigenvalue weighted by Gasteiger charge is -2.26. The predicted molar refractivity (Wildman–Crippen MR) is 61.1 cm³/mol. The highest BCUT2D eigenvalue weighted by Gasteiger charge is 2.48. The zero-order valence-electron chi connectivity index (χ0n) is 9.88. The van der Waals surface area contributed by atoms with E-state index in [4.69, 9.17) is 21.1 Å². The third kappa shape index (κ3) is 1.97. The van der Waals surface area contributed by atoms with Crippen LogP contribution in [0.3, 0.4) is 0 Å². The molecule has 2 aliphatic heterocycles. The minimum absolute atomic E-state index is 0.274. The van der Waals surface area contributed by atoms with Crippen molar-refractivity contribution in [2.75, 3.05) is 6.61 Å². The molecule has 8 heteroatoms. The van der Waals surface area contributed by atoms with Crippen LogP contribution in [0.4, 0.5) is 4.39 Å². The van der Waals surface area contributed by atoms with Crippen molar-refractivity contribution in [1.29, 1.82) is 5.41 Å². The van der Waals surface area contributed by atoms with Crippen LogP contribution in [0, 0.1) is 5.41 Å². The van der Waals surface area contributed by atoms with E-state index in [2.05, 4.69) is 5.32 Å². The van der Waals surface area contributed by atoms with E-state index in [9.17, 15) is 9.50 Å². The molecule has 5 atom stereocenters. The van der Waals surface area contributed by atoms with E-state index in [1.807, 2.05) is 0 Å². The van der Waals surface area contributed by atoms with Gasteiger partial charge in [0.15, 0.2) is 12.3 Å². The first-order valence-electron chi connectivity index (χ1n) is 5.61. The van der Waals surface area contributed by atoms with Gasteiger partial charge in [0.1, 0.15) is 18.3 Å². The van der Waals surface area contributed by atoms with Crippen molar-refractivity contribution in [1.82, 2.24) is 10.3 Å². The fourth-order valence-corrected chi connectivity index (χ4v) is 2.14. The molecule has 1 saturated heterocycles. The maximum absolute atomic E-state index is 13.9. The van der Waals surface area contributed by atoms with Crippen LogP contribution in [0.15, 0.2) is 11.9 Å². The molecule has 2 aliphatic rings. The topological polar surface area (TPSA) is 115 Å². The second-order valence-corrected chi connectivity index (χ2v) is 4.44. The Morgan fingerprint density at radius 1 is 1.72 bits per heavy atom. The number of halogens is 1. The Morgan fingerprint density at radius 3 is 2.83 bits per heavy atom. The van der Waals surface area contributed by atoms with E-state index in [0.29, 0.717) is 5.70 Å². The van der Waals surface area contributed by atoms with Gasteiger partial charge in [-0.1, -0.05) is 0 Å². The molecule has 0 spiro atoms. The lowest BCUT2D eigenvalue weighted by Crippen LogP contribution is -2.48. The zero-order chi connectivity index (χ0) is 13.4. The Morgan fingerprint density at radius 2 is 2.39 bits per heavy atom. The molecule has 0 bridgehead atoms. The molecule has 1 fully saturated rings. The zero-order valence-corrected chi connectivity index (χ0v) is 9.88. The third-order valence-corrected chi connectivity index (χ3v) is 3.16. The number of hydrogen-bond acceptors (Lipinski definition) is 7. The molecular weight excluding hydrogens is 243 g/mol. The van der Waals surface area contributed by atoms with E-state index >= 15 is 0 Å². The molecule has 0 aromatic carbocycles. The number of nitrogens with zero attached hydrogens (tertiary/aromatic N) is 1. The van der Waals surface area contributed by atoms with Crippen LogP contribution < -0.4 is 11.2 Å². The number of ether oxygens (including phenoxy) is 1. The quantitative estimate of drug-likeness (QED) is 0.309. The Balaban J connectivity index is 2.12. The molecule has 18 heavy (non-hydrogen) atoms. The molecule has 0 aliphatic carbocycles. The lowest BCUT2D eigenvalue weighted by atomic mass is 10.1. The van der Waals surface area contributed by atoms with Gasteiger partial charge in [0, 0.05) is 11.9 Å². The lowest BCUT2D eigenvalue weighted by molar-refractivity contribution is -0.0186. The van der Waals surface area contributed by atoms with Crippen molar-refractivity contribution in [2.24, 2.45) is 5.84 Å². The summed E-state index contributed by atoms with van der Waals surface area (Å²) in [5.41, 5.74) is 0.588. The summed E-state index contributed by atoms with van der Waals surface area (Å²) in [5, 5.41) is 30.0. The summed E-state index contributed by atoms with van der Waals surface area (Å²) in [6.45, 7) is 1.11. The highest BCUT2D eigenvalue weighted by atomic mass is 19.1. The molecule has 6 N–H and O–H groups in total. The smallest absolute Gasteiger partial charge is 0.160 e. The molecule has 0 aromatic rings. The normalized spacial score (nSPS) is 39.7. The summed E-state index contributed by atoms with van der Waals surface area (Å²) < 4.78 is 19.1. The van der Waals surface area contributed by atoms with Crippen LogP contribution in [0.25, 0.3) is 0 Å². The summed E-state index contributed by atoms with van der Waals surface area (Å²) >= 11 is 0. The maximum Gasteiger partial charge on any atom is 0.160 e.